The second kappa shape index (κ2) is 8.73. The van der Waals surface area contributed by atoms with Crippen molar-refractivity contribution in [3.8, 4) is 11.8 Å². The number of anilines is 1. The summed E-state index contributed by atoms with van der Waals surface area (Å²) in [4.78, 5) is 23.5. The first-order valence-corrected chi connectivity index (χ1v) is 10.7. The van der Waals surface area contributed by atoms with Crippen molar-refractivity contribution in [2.75, 3.05) is 18.4 Å². The number of pyridine rings is 1. The second-order valence-electron chi connectivity index (χ2n) is 7.50. The molecule has 0 unspecified atom stereocenters. The van der Waals surface area contributed by atoms with Crippen LogP contribution in [0.15, 0.2) is 36.7 Å². The van der Waals surface area contributed by atoms with E-state index in [4.69, 9.17) is 0 Å². The van der Waals surface area contributed by atoms with E-state index in [9.17, 15) is 4.79 Å². The number of aromatic nitrogens is 2. The average molecular weight is 405 g/mol. The molecule has 0 saturated carbocycles. The van der Waals surface area contributed by atoms with Crippen LogP contribution in [-0.2, 0) is 11.3 Å². The summed E-state index contributed by atoms with van der Waals surface area (Å²) in [5.41, 5.74) is 3.29. The maximum atomic E-state index is 11.1. The van der Waals surface area contributed by atoms with E-state index >= 15 is 0 Å². The Balaban J connectivity index is 1.34. The number of hydrogen-bond acceptors (Lipinski definition) is 5. The molecule has 4 rings (SSSR count). The molecule has 6 heteroatoms. The fourth-order valence-electron chi connectivity index (χ4n) is 3.68. The monoisotopic (exact) mass is 404 g/mol. The molecule has 1 aromatic carbocycles. The number of hydrogen-bond donors (Lipinski definition) is 1. The molecule has 0 atom stereocenters. The Bertz CT molecular complexity index is 1090. The van der Waals surface area contributed by atoms with Gasteiger partial charge < -0.3 is 5.32 Å². The van der Waals surface area contributed by atoms with E-state index < -0.39 is 0 Å². The lowest BCUT2D eigenvalue weighted by Crippen LogP contribution is -2.32. The zero-order chi connectivity index (χ0) is 20.2. The number of carbonyl (C=O) groups excluding carboxylic acids is 1. The van der Waals surface area contributed by atoms with Crippen LogP contribution in [0.5, 0.6) is 0 Å². The van der Waals surface area contributed by atoms with Crippen LogP contribution in [0.3, 0.4) is 0 Å². The Hall–Kier alpha value is -2.75. The summed E-state index contributed by atoms with van der Waals surface area (Å²) >= 11 is 1.55. The van der Waals surface area contributed by atoms with Crippen LogP contribution in [0, 0.1) is 24.7 Å². The summed E-state index contributed by atoms with van der Waals surface area (Å²) in [6, 6.07) is 8.33. The number of thiazole rings is 1. The van der Waals surface area contributed by atoms with Gasteiger partial charge in [-0.3, -0.25) is 14.7 Å². The van der Waals surface area contributed by atoms with Gasteiger partial charge in [-0.1, -0.05) is 17.9 Å². The number of amides is 1. The second-order valence-corrected chi connectivity index (χ2v) is 8.62. The van der Waals surface area contributed by atoms with Gasteiger partial charge in [-0.05, 0) is 56.6 Å². The highest BCUT2D eigenvalue weighted by atomic mass is 32.1. The first kappa shape index (κ1) is 19.6. The molecule has 0 bridgehead atoms. The number of nitrogens with zero attached hydrogens (tertiary/aromatic N) is 3. The molecule has 2 aromatic heterocycles. The Kier molecular flexibility index (Phi) is 5.89. The molecule has 0 aliphatic carbocycles. The Morgan fingerprint density at radius 2 is 2.14 bits per heavy atom. The van der Waals surface area contributed by atoms with E-state index in [1.807, 2.05) is 18.5 Å². The highest BCUT2D eigenvalue weighted by molar-refractivity contribution is 7.15. The van der Waals surface area contributed by atoms with Crippen LogP contribution in [0.25, 0.3) is 10.9 Å². The van der Waals surface area contributed by atoms with Crippen LogP contribution in [-0.4, -0.2) is 33.9 Å². The minimum absolute atomic E-state index is 0.0804. The molecule has 1 aliphatic rings. The number of carbonyl (C=O) groups is 1. The van der Waals surface area contributed by atoms with Gasteiger partial charge in [-0.25, -0.2) is 4.98 Å². The van der Waals surface area contributed by atoms with Gasteiger partial charge in [0.2, 0.25) is 5.91 Å². The van der Waals surface area contributed by atoms with Gasteiger partial charge in [0.1, 0.15) is 0 Å². The zero-order valence-electron chi connectivity index (χ0n) is 16.7. The van der Waals surface area contributed by atoms with Crippen LogP contribution < -0.4 is 5.32 Å². The minimum Gasteiger partial charge on any atom is -0.302 e. The standard InChI is InChI=1S/C23H24N4OS/c1-16-12-19(13-20-4-3-9-24-22(16)20)6-5-18-7-10-27(11-8-18)15-21-14-25-23(29-21)26-17(2)28/h3-4,9,12-14,18H,7-8,10-11,15H2,1-2H3,(H,25,26,28). The smallest absolute Gasteiger partial charge is 0.223 e. The summed E-state index contributed by atoms with van der Waals surface area (Å²) in [5.74, 6) is 7.23. The molecule has 5 nitrogen and oxygen atoms in total. The molecular weight excluding hydrogens is 380 g/mol. The number of rotatable bonds is 3. The molecule has 3 aromatic rings. The zero-order valence-corrected chi connectivity index (χ0v) is 17.6. The lowest BCUT2D eigenvalue weighted by Gasteiger charge is -2.29. The van der Waals surface area contributed by atoms with E-state index in [1.165, 1.54) is 17.4 Å². The number of nitrogens with one attached hydrogen (secondary N) is 1. The van der Waals surface area contributed by atoms with Crippen LogP contribution >= 0.6 is 11.3 Å². The lowest BCUT2D eigenvalue weighted by molar-refractivity contribution is -0.114. The summed E-state index contributed by atoms with van der Waals surface area (Å²) in [5, 5.41) is 4.57. The van der Waals surface area contributed by atoms with E-state index in [2.05, 4.69) is 57.1 Å². The molecule has 1 amide bonds. The minimum atomic E-state index is -0.0804. The fraction of sp³-hybridized carbons (Fsp3) is 0.348. The van der Waals surface area contributed by atoms with Gasteiger partial charge in [0.15, 0.2) is 5.13 Å². The van der Waals surface area contributed by atoms with E-state index in [-0.39, 0.29) is 5.91 Å². The summed E-state index contributed by atoms with van der Waals surface area (Å²) in [6.45, 7) is 6.55. The first-order valence-electron chi connectivity index (χ1n) is 9.88. The highest BCUT2D eigenvalue weighted by Crippen LogP contribution is 2.23. The number of aryl methyl sites for hydroxylation is 1. The largest absolute Gasteiger partial charge is 0.302 e. The lowest BCUT2D eigenvalue weighted by atomic mass is 9.96. The van der Waals surface area contributed by atoms with Gasteiger partial charge in [-0.15, -0.1) is 11.3 Å². The van der Waals surface area contributed by atoms with E-state index in [1.54, 1.807) is 11.3 Å². The van der Waals surface area contributed by atoms with Gasteiger partial charge in [0.05, 0.1) is 5.52 Å². The predicted molar refractivity (Wildman–Crippen MR) is 118 cm³/mol. The first-order chi connectivity index (χ1) is 14.1. The molecule has 29 heavy (non-hydrogen) atoms. The number of piperidine rings is 1. The Morgan fingerprint density at radius 3 is 2.93 bits per heavy atom. The SMILES string of the molecule is CC(=O)Nc1ncc(CN2CCC(C#Cc3cc(C)c4ncccc4c3)CC2)s1. The molecular formula is C23H24N4OS. The van der Waals surface area contributed by atoms with Crippen molar-refractivity contribution >= 4 is 33.3 Å². The third-order valence-electron chi connectivity index (χ3n) is 5.12. The quantitative estimate of drug-likeness (QED) is 0.664. The van der Waals surface area contributed by atoms with Crippen molar-refractivity contribution in [1.82, 2.24) is 14.9 Å². The molecule has 1 aliphatic heterocycles. The van der Waals surface area contributed by atoms with Gasteiger partial charge >= 0.3 is 0 Å². The average Bonchev–Trinajstić information content (AvgIpc) is 3.13. The molecule has 1 N–H and O–H groups in total. The van der Waals surface area contributed by atoms with E-state index in [0.717, 1.165) is 48.9 Å². The molecule has 148 valence electrons. The molecule has 0 radical (unpaired) electrons. The summed E-state index contributed by atoms with van der Waals surface area (Å²) in [6.07, 6.45) is 5.86. The Morgan fingerprint density at radius 1 is 1.31 bits per heavy atom. The normalized spacial score (nSPS) is 15.1. The van der Waals surface area contributed by atoms with Crippen LogP contribution in [0.1, 0.15) is 35.8 Å². The third-order valence-corrected chi connectivity index (χ3v) is 6.02. The van der Waals surface area contributed by atoms with Crippen LogP contribution in [0.2, 0.25) is 0 Å². The predicted octanol–water partition coefficient (Wildman–Crippen LogP) is 4.22. The topological polar surface area (TPSA) is 58.1 Å². The van der Waals surface area contributed by atoms with Gasteiger partial charge in [-0.2, -0.15) is 0 Å². The maximum absolute atomic E-state index is 11.1. The van der Waals surface area contributed by atoms with Crippen molar-refractivity contribution in [1.29, 1.82) is 0 Å². The van der Waals surface area contributed by atoms with Crippen molar-refractivity contribution in [3.63, 3.8) is 0 Å². The maximum Gasteiger partial charge on any atom is 0.223 e. The number of fused-ring (bicyclic) bond motifs is 1. The third kappa shape index (κ3) is 5.00. The van der Waals surface area contributed by atoms with Crippen LogP contribution in [0.4, 0.5) is 5.13 Å². The summed E-state index contributed by atoms with van der Waals surface area (Å²) in [7, 11) is 0. The van der Waals surface area contributed by atoms with Crippen molar-refractivity contribution in [2.24, 2.45) is 5.92 Å². The van der Waals surface area contributed by atoms with Gasteiger partial charge in [0.25, 0.3) is 0 Å². The van der Waals surface area contributed by atoms with Gasteiger partial charge in [0, 0.05) is 47.6 Å². The van der Waals surface area contributed by atoms with Crippen molar-refractivity contribution in [3.05, 3.63) is 52.7 Å². The number of benzene rings is 1. The molecule has 3 heterocycles. The van der Waals surface area contributed by atoms with Crippen molar-refractivity contribution in [2.45, 2.75) is 33.2 Å². The number of likely N-dealkylation sites (tertiary alicyclic amines) is 1. The Labute approximate surface area is 175 Å². The van der Waals surface area contributed by atoms with E-state index in [0.29, 0.717) is 11.0 Å². The summed E-state index contributed by atoms with van der Waals surface area (Å²) < 4.78 is 0. The molecule has 1 saturated heterocycles. The fourth-order valence-corrected chi connectivity index (χ4v) is 4.58. The molecule has 0 spiro atoms. The van der Waals surface area contributed by atoms with Crippen molar-refractivity contribution < 1.29 is 4.79 Å². The molecule has 1 fully saturated rings. The highest BCUT2D eigenvalue weighted by Gasteiger charge is 2.18.